The van der Waals surface area contributed by atoms with Crippen LogP contribution < -0.4 is 0 Å². The molecule has 35 heavy (non-hydrogen) atoms. The normalized spacial score (nSPS) is 50.9. The summed E-state index contributed by atoms with van der Waals surface area (Å²) in [6.07, 6.45) is 11.4. The highest BCUT2D eigenvalue weighted by molar-refractivity contribution is 5.73. The SMILES string of the molecule is CC[C@H]1[C@@H](O)[C@@H]2[C@H](CC[C@]3(C)[C@@H]([C@H](C)CCN4CCC[C@H]4C(=O)O)CC[C@@H]23)[C@@]2(C)CC[C@@H](O)C[C@@H]12. The van der Waals surface area contributed by atoms with Gasteiger partial charge in [0.1, 0.15) is 6.04 Å². The van der Waals surface area contributed by atoms with E-state index >= 15 is 0 Å². The van der Waals surface area contributed by atoms with Crippen LogP contribution in [0.3, 0.4) is 0 Å². The van der Waals surface area contributed by atoms with Crippen LogP contribution in [0.1, 0.15) is 98.3 Å². The number of carboxylic acids is 1. The molecule has 3 N–H and O–H groups in total. The zero-order chi connectivity index (χ0) is 25.1. The molecule has 0 spiro atoms. The van der Waals surface area contributed by atoms with Gasteiger partial charge in [0.15, 0.2) is 0 Å². The quantitative estimate of drug-likeness (QED) is 0.478. The molecule has 5 nitrogen and oxygen atoms in total. The van der Waals surface area contributed by atoms with E-state index in [1.54, 1.807) is 0 Å². The number of carbonyl (C=O) groups is 1. The summed E-state index contributed by atoms with van der Waals surface area (Å²) in [5.74, 6) is 2.97. The molecule has 1 aliphatic heterocycles. The van der Waals surface area contributed by atoms with Crippen LogP contribution >= 0.6 is 0 Å². The molecule has 12 atom stereocenters. The van der Waals surface area contributed by atoms with Gasteiger partial charge in [-0.15, -0.1) is 0 Å². The first kappa shape index (κ1) is 26.0. The van der Waals surface area contributed by atoms with E-state index < -0.39 is 5.97 Å². The molecule has 5 heteroatoms. The molecule has 0 bridgehead atoms. The third kappa shape index (κ3) is 4.11. The van der Waals surface area contributed by atoms with E-state index in [1.165, 1.54) is 25.7 Å². The van der Waals surface area contributed by atoms with Crippen LogP contribution in [0.2, 0.25) is 0 Å². The minimum absolute atomic E-state index is 0.187. The van der Waals surface area contributed by atoms with Crippen LogP contribution in [0.4, 0.5) is 0 Å². The van der Waals surface area contributed by atoms with Crippen LogP contribution in [0, 0.1) is 52.3 Å². The topological polar surface area (TPSA) is 81.0 Å². The molecule has 5 rings (SSSR count). The van der Waals surface area contributed by atoms with E-state index in [0.29, 0.717) is 41.4 Å². The molecule has 0 aromatic heterocycles. The third-order valence-corrected chi connectivity index (χ3v) is 12.7. The number of nitrogens with zero attached hydrogens (tertiary/aromatic N) is 1. The van der Waals surface area contributed by atoms with Crippen LogP contribution in [-0.4, -0.2) is 57.5 Å². The summed E-state index contributed by atoms with van der Waals surface area (Å²) in [5.41, 5.74) is 0.547. The monoisotopic (exact) mass is 489 g/mol. The number of carboxylic acid groups (broad SMARTS) is 1. The van der Waals surface area contributed by atoms with Crippen molar-refractivity contribution in [2.75, 3.05) is 13.1 Å². The molecular weight excluding hydrogens is 438 g/mol. The van der Waals surface area contributed by atoms with E-state index in [-0.39, 0.29) is 29.1 Å². The average molecular weight is 490 g/mol. The highest BCUT2D eigenvalue weighted by Crippen LogP contribution is 2.69. The summed E-state index contributed by atoms with van der Waals surface area (Å²) < 4.78 is 0. The smallest absolute Gasteiger partial charge is 0.320 e. The molecule has 4 aliphatic carbocycles. The largest absolute Gasteiger partial charge is 0.480 e. The number of aliphatic hydroxyl groups excluding tert-OH is 2. The van der Waals surface area contributed by atoms with Crippen molar-refractivity contribution in [3.8, 4) is 0 Å². The number of aliphatic hydroxyl groups is 2. The fourth-order valence-electron chi connectivity index (χ4n) is 10.9. The Hall–Kier alpha value is -0.650. The van der Waals surface area contributed by atoms with Crippen molar-refractivity contribution in [2.24, 2.45) is 52.3 Å². The summed E-state index contributed by atoms with van der Waals surface area (Å²) >= 11 is 0. The molecule has 0 radical (unpaired) electrons. The van der Waals surface area contributed by atoms with Crippen LogP contribution in [0.25, 0.3) is 0 Å². The number of fused-ring (bicyclic) bond motifs is 5. The van der Waals surface area contributed by atoms with Crippen LogP contribution in [-0.2, 0) is 4.79 Å². The van der Waals surface area contributed by atoms with Crippen molar-refractivity contribution in [3.63, 3.8) is 0 Å². The van der Waals surface area contributed by atoms with Gasteiger partial charge in [0.2, 0.25) is 0 Å². The molecule has 0 amide bonds. The van der Waals surface area contributed by atoms with E-state index in [9.17, 15) is 20.1 Å². The number of likely N-dealkylation sites (tertiary alicyclic amines) is 1. The number of hydrogen-bond donors (Lipinski definition) is 3. The molecule has 1 heterocycles. The van der Waals surface area contributed by atoms with E-state index in [0.717, 1.165) is 58.0 Å². The first-order valence-electron chi connectivity index (χ1n) is 14.9. The Balaban J connectivity index is 1.33. The van der Waals surface area contributed by atoms with Crippen molar-refractivity contribution in [1.29, 1.82) is 0 Å². The lowest BCUT2D eigenvalue weighted by Gasteiger charge is -2.64. The van der Waals surface area contributed by atoms with E-state index in [1.807, 2.05) is 0 Å². The maximum absolute atomic E-state index is 11.9. The Bertz CT molecular complexity index is 788. The predicted octanol–water partition coefficient (Wildman–Crippen LogP) is 5.19. The second-order valence-electron chi connectivity index (χ2n) is 13.9. The van der Waals surface area contributed by atoms with Crippen LogP contribution in [0.5, 0.6) is 0 Å². The van der Waals surface area contributed by atoms with E-state index in [4.69, 9.17) is 0 Å². The molecule has 5 fully saturated rings. The predicted molar refractivity (Wildman–Crippen MR) is 138 cm³/mol. The zero-order valence-corrected chi connectivity index (χ0v) is 22.7. The average Bonchev–Trinajstić information content (AvgIpc) is 3.43. The van der Waals surface area contributed by atoms with Gasteiger partial charge in [-0.1, -0.05) is 34.1 Å². The van der Waals surface area contributed by atoms with Gasteiger partial charge in [-0.2, -0.15) is 0 Å². The Kier molecular flexibility index (Phi) is 7.11. The van der Waals surface area contributed by atoms with Gasteiger partial charge < -0.3 is 15.3 Å². The maximum Gasteiger partial charge on any atom is 0.320 e. The summed E-state index contributed by atoms with van der Waals surface area (Å²) in [6.45, 7) is 11.6. The van der Waals surface area contributed by atoms with Crippen molar-refractivity contribution in [3.05, 3.63) is 0 Å². The van der Waals surface area contributed by atoms with Gasteiger partial charge in [0.25, 0.3) is 0 Å². The minimum atomic E-state index is -0.653. The molecule has 4 saturated carbocycles. The molecule has 0 aromatic rings. The van der Waals surface area contributed by atoms with Gasteiger partial charge in [0.05, 0.1) is 12.2 Å². The zero-order valence-electron chi connectivity index (χ0n) is 22.7. The number of hydrogen-bond acceptors (Lipinski definition) is 4. The standard InChI is InChI=1S/C30H51NO4/c1-5-20-24-17-19(32)10-13-30(24,4)23-11-14-29(3)21(8-9-22(29)26(23)27(20)33)18(2)12-16-31-15-6-7-25(31)28(34)35/h18-27,32-33H,5-17H2,1-4H3,(H,34,35)/t18-,19-,20-,21-,22+,23+,24+,25+,26+,27-,29-,30-/m1/s1. The van der Waals surface area contributed by atoms with Gasteiger partial charge in [-0.3, -0.25) is 9.69 Å². The summed E-state index contributed by atoms with van der Waals surface area (Å²) in [4.78, 5) is 13.8. The van der Waals surface area contributed by atoms with Crippen molar-refractivity contribution < 1.29 is 20.1 Å². The molecule has 1 saturated heterocycles. The second-order valence-corrected chi connectivity index (χ2v) is 13.9. The molecule has 0 unspecified atom stereocenters. The third-order valence-electron chi connectivity index (χ3n) is 12.7. The summed E-state index contributed by atoms with van der Waals surface area (Å²) in [6, 6.07) is -0.282. The lowest BCUT2D eigenvalue weighted by molar-refractivity contribution is -0.203. The highest BCUT2D eigenvalue weighted by Gasteiger charge is 2.64. The number of aliphatic carboxylic acids is 1. The van der Waals surface area contributed by atoms with Gasteiger partial charge in [0, 0.05) is 0 Å². The Labute approximate surface area is 213 Å². The molecular formula is C30H51NO4. The van der Waals surface area contributed by atoms with Crippen molar-refractivity contribution in [1.82, 2.24) is 4.90 Å². The highest BCUT2D eigenvalue weighted by atomic mass is 16.4. The van der Waals surface area contributed by atoms with Gasteiger partial charge in [-0.25, -0.2) is 0 Å². The number of rotatable bonds is 6. The first-order chi connectivity index (χ1) is 16.6. The molecule has 0 aromatic carbocycles. The van der Waals surface area contributed by atoms with Gasteiger partial charge >= 0.3 is 5.97 Å². The fraction of sp³-hybridized carbons (Fsp3) is 0.967. The Morgan fingerprint density at radius 2 is 1.71 bits per heavy atom. The van der Waals surface area contributed by atoms with Crippen molar-refractivity contribution in [2.45, 2.75) is 117 Å². The first-order valence-corrected chi connectivity index (χ1v) is 14.9. The van der Waals surface area contributed by atoms with Crippen LogP contribution in [0.15, 0.2) is 0 Å². The maximum atomic E-state index is 11.9. The summed E-state index contributed by atoms with van der Waals surface area (Å²) in [7, 11) is 0. The van der Waals surface area contributed by atoms with Gasteiger partial charge in [-0.05, 0) is 130 Å². The molecule has 200 valence electrons. The second kappa shape index (κ2) is 9.58. The summed E-state index contributed by atoms with van der Waals surface area (Å²) in [5, 5.41) is 31.9. The Morgan fingerprint density at radius 1 is 1.00 bits per heavy atom. The lowest BCUT2D eigenvalue weighted by atomic mass is 9.41. The fourth-order valence-corrected chi connectivity index (χ4v) is 10.9. The van der Waals surface area contributed by atoms with E-state index in [2.05, 4.69) is 32.6 Å². The Morgan fingerprint density at radius 3 is 2.43 bits per heavy atom. The molecule has 5 aliphatic rings. The lowest BCUT2D eigenvalue weighted by Crippen LogP contribution is -2.62. The van der Waals surface area contributed by atoms with Crippen molar-refractivity contribution >= 4 is 5.97 Å². The minimum Gasteiger partial charge on any atom is -0.480 e.